The number of benzene rings is 1. The normalized spacial score (nSPS) is 10.6. The number of aromatic nitrogens is 1. The van der Waals surface area contributed by atoms with Gasteiger partial charge in [0.25, 0.3) is 0 Å². The summed E-state index contributed by atoms with van der Waals surface area (Å²) in [5.74, 6) is 0. The number of alkyl halides is 3. The minimum Gasteiger partial charge on any atom is -0.261 e. The maximum atomic E-state index is 12.6. The van der Waals surface area contributed by atoms with Crippen LogP contribution >= 0.6 is 0 Å². The number of nitrogens with zero attached hydrogens (tertiary/aromatic N) is 1. The number of halogens is 3. The van der Waals surface area contributed by atoms with Crippen LogP contribution in [0.1, 0.15) is 25.1 Å². The van der Waals surface area contributed by atoms with Gasteiger partial charge >= 0.3 is 6.18 Å². The summed E-state index contributed by atoms with van der Waals surface area (Å²) in [6.07, 6.45) is -2.70. The summed E-state index contributed by atoms with van der Waals surface area (Å²) in [4.78, 5) is 4.07. The number of rotatable bonds is 1. The molecule has 0 aliphatic carbocycles. The van der Waals surface area contributed by atoms with Crippen LogP contribution in [0.5, 0.6) is 0 Å². The molecule has 1 aromatic heterocycles. The van der Waals surface area contributed by atoms with Crippen LogP contribution in [0.15, 0.2) is 42.6 Å². The van der Waals surface area contributed by atoms with E-state index in [9.17, 15) is 13.2 Å². The van der Waals surface area contributed by atoms with Crippen molar-refractivity contribution in [1.29, 1.82) is 0 Å². The smallest absolute Gasteiger partial charge is 0.261 e. The molecular weight excluding hydrogens is 251 g/mol. The number of aryl methyl sites for hydroxylation is 1. The van der Waals surface area contributed by atoms with Gasteiger partial charge in [0.15, 0.2) is 0 Å². The molecule has 4 heteroatoms. The highest BCUT2D eigenvalue weighted by atomic mass is 19.4. The largest absolute Gasteiger partial charge is 0.416 e. The molecular formula is C15H16F3N. The van der Waals surface area contributed by atoms with Crippen molar-refractivity contribution in [3.05, 3.63) is 53.9 Å². The quantitative estimate of drug-likeness (QED) is 0.700. The van der Waals surface area contributed by atoms with E-state index in [1.54, 1.807) is 31.3 Å². The van der Waals surface area contributed by atoms with E-state index in [0.717, 1.165) is 17.7 Å². The first-order valence-corrected chi connectivity index (χ1v) is 6.08. The SMILES string of the molecule is CC.Cc1ncccc1-c1cccc(C(F)(F)F)c1. The maximum Gasteiger partial charge on any atom is 0.416 e. The predicted molar refractivity (Wildman–Crippen MR) is 70.8 cm³/mol. The van der Waals surface area contributed by atoms with Crippen LogP contribution in [0, 0.1) is 6.92 Å². The summed E-state index contributed by atoms with van der Waals surface area (Å²) in [5, 5.41) is 0. The van der Waals surface area contributed by atoms with Crippen molar-refractivity contribution < 1.29 is 13.2 Å². The summed E-state index contributed by atoms with van der Waals surface area (Å²) in [5.41, 5.74) is 1.33. The van der Waals surface area contributed by atoms with E-state index in [4.69, 9.17) is 0 Å². The van der Waals surface area contributed by atoms with E-state index in [1.807, 2.05) is 13.8 Å². The molecule has 19 heavy (non-hydrogen) atoms. The van der Waals surface area contributed by atoms with Gasteiger partial charge in [0.1, 0.15) is 0 Å². The summed E-state index contributed by atoms with van der Waals surface area (Å²) in [7, 11) is 0. The molecule has 0 fully saturated rings. The van der Waals surface area contributed by atoms with Crippen LogP contribution in [-0.4, -0.2) is 4.98 Å². The Balaban J connectivity index is 0.000000861. The molecule has 0 radical (unpaired) electrons. The molecule has 0 aliphatic rings. The van der Waals surface area contributed by atoms with Gasteiger partial charge < -0.3 is 0 Å². The van der Waals surface area contributed by atoms with Gasteiger partial charge in [-0.05, 0) is 30.7 Å². The van der Waals surface area contributed by atoms with E-state index < -0.39 is 11.7 Å². The number of hydrogen-bond acceptors (Lipinski definition) is 1. The fraction of sp³-hybridized carbons (Fsp3) is 0.267. The molecule has 0 unspecified atom stereocenters. The Labute approximate surface area is 111 Å². The molecule has 0 saturated heterocycles. The topological polar surface area (TPSA) is 12.9 Å². The van der Waals surface area contributed by atoms with Crippen molar-refractivity contribution in [2.24, 2.45) is 0 Å². The first kappa shape index (κ1) is 15.2. The van der Waals surface area contributed by atoms with Crippen LogP contribution in [0.3, 0.4) is 0 Å². The minimum absolute atomic E-state index is 0.533. The van der Waals surface area contributed by atoms with Gasteiger partial charge in [-0.2, -0.15) is 13.2 Å². The summed E-state index contributed by atoms with van der Waals surface area (Å²) in [6, 6.07) is 8.74. The van der Waals surface area contributed by atoms with Gasteiger partial charge in [-0.1, -0.05) is 32.0 Å². The molecule has 1 aromatic carbocycles. The average Bonchev–Trinajstić information content (AvgIpc) is 2.41. The van der Waals surface area contributed by atoms with Crippen molar-refractivity contribution in [3.8, 4) is 11.1 Å². The van der Waals surface area contributed by atoms with Gasteiger partial charge in [0.2, 0.25) is 0 Å². The van der Waals surface area contributed by atoms with Crippen molar-refractivity contribution in [2.75, 3.05) is 0 Å². The lowest BCUT2D eigenvalue weighted by Gasteiger charge is -2.09. The zero-order chi connectivity index (χ0) is 14.5. The highest BCUT2D eigenvalue weighted by Gasteiger charge is 2.30. The Morgan fingerprint density at radius 1 is 1.00 bits per heavy atom. The van der Waals surface area contributed by atoms with E-state index >= 15 is 0 Å². The maximum absolute atomic E-state index is 12.6. The molecule has 0 N–H and O–H groups in total. The van der Waals surface area contributed by atoms with Crippen LogP contribution in [-0.2, 0) is 6.18 Å². The monoisotopic (exact) mass is 267 g/mol. The highest BCUT2D eigenvalue weighted by molar-refractivity contribution is 5.66. The van der Waals surface area contributed by atoms with Crippen LogP contribution in [0.2, 0.25) is 0 Å². The molecule has 2 aromatic rings. The Morgan fingerprint density at radius 3 is 2.26 bits per heavy atom. The minimum atomic E-state index is -4.31. The van der Waals surface area contributed by atoms with Crippen molar-refractivity contribution in [2.45, 2.75) is 26.9 Å². The second-order valence-corrected chi connectivity index (χ2v) is 3.71. The number of hydrogen-bond donors (Lipinski definition) is 0. The summed E-state index contributed by atoms with van der Waals surface area (Å²) >= 11 is 0. The van der Waals surface area contributed by atoms with Crippen molar-refractivity contribution in [1.82, 2.24) is 4.98 Å². The molecule has 1 nitrogen and oxygen atoms in total. The zero-order valence-corrected chi connectivity index (χ0v) is 11.1. The fourth-order valence-electron chi connectivity index (χ4n) is 1.65. The first-order chi connectivity index (χ1) is 8.98. The summed E-state index contributed by atoms with van der Waals surface area (Å²) in [6.45, 7) is 5.77. The second kappa shape index (κ2) is 6.36. The molecule has 0 spiro atoms. The van der Waals surface area contributed by atoms with E-state index in [1.165, 1.54) is 6.07 Å². The van der Waals surface area contributed by atoms with Gasteiger partial charge in [0.05, 0.1) is 5.56 Å². The van der Waals surface area contributed by atoms with Crippen LogP contribution < -0.4 is 0 Å². The standard InChI is InChI=1S/C13H10F3N.C2H6/c1-9-12(6-3-7-17-9)10-4-2-5-11(8-10)13(14,15)16;1-2/h2-8H,1H3;1-2H3. The second-order valence-electron chi connectivity index (χ2n) is 3.71. The lowest BCUT2D eigenvalue weighted by atomic mass is 10.0. The van der Waals surface area contributed by atoms with Gasteiger partial charge in [-0.25, -0.2) is 0 Å². The van der Waals surface area contributed by atoms with Crippen molar-refractivity contribution in [3.63, 3.8) is 0 Å². The van der Waals surface area contributed by atoms with Gasteiger partial charge in [0, 0.05) is 17.5 Å². The van der Waals surface area contributed by atoms with Gasteiger partial charge in [-0.3, -0.25) is 4.98 Å². The third kappa shape index (κ3) is 3.81. The Hall–Kier alpha value is -1.84. The first-order valence-electron chi connectivity index (χ1n) is 6.08. The Morgan fingerprint density at radius 2 is 1.68 bits per heavy atom. The lowest BCUT2D eigenvalue weighted by Crippen LogP contribution is -2.04. The zero-order valence-electron chi connectivity index (χ0n) is 11.1. The summed E-state index contributed by atoms with van der Waals surface area (Å²) < 4.78 is 37.7. The molecule has 1 heterocycles. The Kier molecular flexibility index (Phi) is 5.10. The molecule has 102 valence electrons. The molecule has 0 amide bonds. The van der Waals surface area contributed by atoms with E-state index in [2.05, 4.69) is 4.98 Å². The molecule has 0 bridgehead atoms. The highest BCUT2D eigenvalue weighted by Crippen LogP contribution is 2.32. The van der Waals surface area contributed by atoms with Crippen LogP contribution in [0.25, 0.3) is 11.1 Å². The molecule has 0 atom stereocenters. The number of pyridine rings is 1. The third-order valence-corrected chi connectivity index (χ3v) is 2.51. The fourth-order valence-corrected chi connectivity index (χ4v) is 1.65. The lowest BCUT2D eigenvalue weighted by molar-refractivity contribution is -0.137. The molecule has 0 aliphatic heterocycles. The molecule has 0 saturated carbocycles. The van der Waals surface area contributed by atoms with Gasteiger partial charge in [-0.15, -0.1) is 0 Å². The average molecular weight is 267 g/mol. The molecule has 2 rings (SSSR count). The van der Waals surface area contributed by atoms with E-state index in [0.29, 0.717) is 11.3 Å². The van der Waals surface area contributed by atoms with Crippen LogP contribution in [0.4, 0.5) is 13.2 Å². The Bertz CT molecular complexity index is 533. The predicted octanol–water partition coefficient (Wildman–Crippen LogP) is 5.10. The third-order valence-electron chi connectivity index (χ3n) is 2.51. The van der Waals surface area contributed by atoms with Crippen molar-refractivity contribution >= 4 is 0 Å². The van der Waals surface area contributed by atoms with E-state index in [-0.39, 0.29) is 0 Å².